The molecule has 4 nitrogen and oxygen atoms in total. The maximum absolute atomic E-state index is 5.29. The molecule has 0 fully saturated rings. The molecule has 0 radical (unpaired) electrons. The van der Waals surface area contributed by atoms with E-state index in [2.05, 4.69) is 17.6 Å². The van der Waals surface area contributed by atoms with Crippen molar-refractivity contribution in [3.63, 3.8) is 0 Å². The average molecular weight is 252 g/mol. The lowest BCUT2D eigenvalue weighted by atomic mass is 10.3. The SMILES string of the molecule is CCCCNC(=S)Nc1ccc2c(c1)OCO2. The van der Waals surface area contributed by atoms with E-state index in [4.69, 9.17) is 21.7 Å². The van der Waals surface area contributed by atoms with E-state index < -0.39 is 0 Å². The van der Waals surface area contributed by atoms with Crippen molar-refractivity contribution >= 4 is 23.0 Å². The largest absolute Gasteiger partial charge is 0.454 e. The summed E-state index contributed by atoms with van der Waals surface area (Å²) in [5.74, 6) is 1.53. The second-order valence-electron chi connectivity index (χ2n) is 3.80. The van der Waals surface area contributed by atoms with E-state index in [1.54, 1.807) is 0 Å². The molecule has 1 aliphatic rings. The molecule has 0 aromatic heterocycles. The van der Waals surface area contributed by atoms with Crippen LogP contribution in [0.3, 0.4) is 0 Å². The van der Waals surface area contributed by atoms with Crippen molar-refractivity contribution in [2.45, 2.75) is 19.8 Å². The molecule has 0 saturated heterocycles. The van der Waals surface area contributed by atoms with E-state index in [0.29, 0.717) is 5.11 Å². The van der Waals surface area contributed by atoms with Crippen molar-refractivity contribution in [1.82, 2.24) is 5.32 Å². The van der Waals surface area contributed by atoms with Crippen molar-refractivity contribution in [3.8, 4) is 11.5 Å². The molecule has 0 unspecified atom stereocenters. The predicted molar refractivity (Wildman–Crippen MR) is 71.7 cm³/mol. The van der Waals surface area contributed by atoms with Gasteiger partial charge in [-0.05, 0) is 30.8 Å². The lowest BCUT2D eigenvalue weighted by Crippen LogP contribution is -2.29. The molecule has 0 spiro atoms. The summed E-state index contributed by atoms with van der Waals surface area (Å²) in [5, 5.41) is 6.90. The molecule has 1 heterocycles. The molecular formula is C12H16N2O2S. The van der Waals surface area contributed by atoms with Crippen LogP contribution in [0.2, 0.25) is 0 Å². The van der Waals surface area contributed by atoms with E-state index in [-0.39, 0.29) is 6.79 Å². The highest BCUT2D eigenvalue weighted by atomic mass is 32.1. The summed E-state index contributed by atoms with van der Waals surface area (Å²) in [5.41, 5.74) is 0.906. The first kappa shape index (κ1) is 12.0. The fourth-order valence-corrected chi connectivity index (χ4v) is 1.75. The van der Waals surface area contributed by atoms with E-state index in [9.17, 15) is 0 Å². The van der Waals surface area contributed by atoms with E-state index >= 15 is 0 Å². The van der Waals surface area contributed by atoms with Crippen LogP contribution in [0.25, 0.3) is 0 Å². The van der Waals surface area contributed by atoms with Crippen LogP contribution in [0.4, 0.5) is 5.69 Å². The smallest absolute Gasteiger partial charge is 0.231 e. The minimum absolute atomic E-state index is 0.290. The van der Waals surface area contributed by atoms with Gasteiger partial charge in [0.05, 0.1) is 0 Å². The first-order valence-corrected chi connectivity index (χ1v) is 6.15. The van der Waals surface area contributed by atoms with Crippen LogP contribution >= 0.6 is 12.2 Å². The molecule has 0 bridgehead atoms. The Kier molecular flexibility index (Phi) is 4.03. The molecule has 1 aliphatic heterocycles. The first-order valence-electron chi connectivity index (χ1n) is 5.74. The minimum Gasteiger partial charge on any atom is -0.454 e. The van der Waals surface area contributed by atoms with Crippen LogP contribution < -0.4 is 20.1 Å². The van der Waals surface area contributed by atoms with Crippen molar-refractivity contribution in [3.05, 3.63) is 18.2 Å². The number of rotatable bonds is 4. The minimum atomic E-state index is 0.290. The van der Waals surface area contributed by atoms with Crippen LogP contribution in [0.1, 0.15) is 19.8 Å². The number of fused-ring (bicyclic) bond motifs is 1. The van der Waals surface area contributed by atoms with Gasteiger partial charge in [-0.25, -0.2) is 0 Å². The Labute approximate surface area is 106 Å². The van der Waals surface area contributed by atoms with Gasteiger partial charge in [-0.15, -0.1) is 0 Å². The second kappa shape index (κ2) is 5.72. The molecule has 0 amide bonds. The molecule has 5 heteroatoms. The number of hydrogen-bond acceptors (Lipinski definition) is 3. The third kappa shape index (κ3) is 3.23. The van der Waals surface area contributed by atoms with E-state index in [0.717, 1.165) is 36.6 Å². The van der Waals surface area contributed by atoms with Gasteiger partial charge in [0.25, 0.3) is 0 Å². The van der Waals surface area contributed by atoms with Crippen LogP contribution in [0.15, 0.2) is 18.2 Å². The van der Waals surface area contributed by atoms with Crippen molar-refractivity contribution < 1.29 is 9.47 Å². The number of benzene rings is 1. The summed E-state index contributed by atoms with van der Waals surface area (Å²) in [6.07, 6.45) is 2.27. The highest BCUT2D eigenvalue weighted by Gasteiger charge is 2.13. The van der Waals surface area contributed by atoms with Crippen LogP contribution in [0, 0.1) is 0 Å². The number of anilines is 1. The summed E-state index contributed by atoms with van der Waals surface area (Å²) >= 11 is 5.18. The van der Waals surface area contributed by atoms with Crippen LogP contribution in [-0.2, 0) is 0 Å². The highest BCUT2D eigenvalue weighted by molar-refractivity contribution is 7.80. The zero-order valence-electron chi connectivity index (χ0n) is 9.79. The van der Waals surface area contributed by atoms with E-state index in [1.807, 2.05) is 18.2 Å². The zero-order valence-corrected chi connectivity index (χ0v) is 10.6. The number of unbranched alkanes of at least 4 members (excludes halogenated alkanes) is 1. The summed E-state index contributed by atoms with van der Waals surface area (Å²) in [4.78, 5) is 0. The molecule has 1 aromatic carbocycles. The molecule has 2 N–H and O–H groups in total. The van der Waals surface area contributed by atoms with Crippen molar-refractivity contribution in [2.75, 3.05) is 18.7 Å². The Morgan fingerprint density at radius 3 is 3.00 bits per heavy atom. The Bertz CT molecular complexity index is 409. The van der Waals surface area contributed by atoms with Gasteiger partial charge in [-0.1, -0.05) is 13.3 Å². The zero-order chi connectivity index (χ0) is 12.1. The van der Waals surface area contributed by atoms with E-state index in [1.165, 1.54) is 0 Å². The van der Waals surface area contributed by atoms with Crippen LogP contribution in [-0.4, -0.2) is 18.5 Å². The highest BCUT2D eigenvalue weighted by Crippen LogP contribution is 2.34. The van der Waals surface area contributed by atoms with Gasteiger partial charge in [0, 0.05) is 18.3 Å². The van der Waals surface area contributed by atoms with Gasteiger partial charge in [0.1, 0.15) is 0 Å². The molecule has 1 aromatic rings. The summed E-state index contributed by atoms with van der Waals surface area (Å²) in [6.45, 7) is 3.33. The topological polar surface area (TPSA) is 42.5 Å². The summed E-state index contributed by atoms with van der Waals surface area (Å²) < 4.78 is 10.5. The Morgan fingerprint density at radius 1 is 1.35 bits per heavy atom. The summed E-state index contributed by atoms with van der Waals surface area (Å²) in [6, 6.07) is 5.68. The molecule has 0 atom stereocenters. The first-order chi connectivity index (χ1) is 8.29. The van der Waals surface area contributed by atoms with Crippen molar-refractivity contribution in [2.24, 2.45) is 0 Å². The monoisotopic (exact) mass is 252 g/mol. The molecule has 0 aliphatic carbocycles. The normalized spacial score (nSPS) is 12.3. The fourth-order valence-electron chi connectivity index (χ4n) is 1.53. The van der Waals surface area contributed by atoms with Gasteiger partial charge < -0.3 is 20.1 Å². The number of nitrogens with one attached hydrogen (secondary N) is 2. The van der Waals surface area contributed by atoms with Gasteiger partial charge >= 0.3 is 0 Å². The number of hydrogen-bond donors (Lipinski definition) is 2. The third-order valence-electron chi connectivity index (χ3n) is 2.45. The lowest BCUT2D eigenvalue weighted by Gasteiger charge is -2.10. The van der Waals surface area contributed by atoms with Gasteiger partial charge in [-0.2, -0.15) is 0 Å². The second-order valence-corrected chi connectivity index (χ2v) is 4.21. The van der Waals surface area contributed by atoms with Gasteiger partial charge in [-0.3, -0.25) is 0 Å². The number of thiocarbonyl (C=S) groups is 1. The van der Waals surface area contributed by atoms with Gasteiger partial charge in [0.2, 0.25) is 6.79 Å². The average Bonchev–Trinajstić information content (AvgIpc) is 2.76. The lowest BCUT2D eigenvalue weighted by molar-refractivity contribution is 0.174. The van der Waals surface area contributed by atoms with Crippen molar-refractivity contribution in [1.29, 1.82) is 0 Å². The fraction of sp³-hybridized carbons (Fsp3) is 0.417. The third-order valence-corrected chi connectivity index (χ3v) is 2.69. The maximum atomic E-state index is 5.29. The Hall–Kier alpha value is -1.49. The Balaban J connectivity index is 1.88. The molecule has 2 rings (SSSR count). The summed E-state index contributed by atoms with van der Waals surface area (Å²) in [7, 11) is 0. The van der Waals surface area contributed by atoms with Crippen LogP contribution in [0.5, 0.6) is 11.5 Å². The predicted octanol–water partition coefficient (Wildman–Crippen LogP) is 2.50. The quantitative estimate of drug-likeness (QED) is 0.636. The van der Waals surface area contributed by atoms with Gasteiger partial charge in [0.15, 0.2) is 16.6 Å². The Morgan fingerprint density at radius 2 is 2.18 bits per heavy atom. The molecule has 17 heavy (non-hydrogen) atoms. The number of ether oxygens (including phenoxy) is 2. The standard InChI is InChI=1S/C12H16N2O2S/c1-2-3-6-13-12(17)14-9-4-5-10-11(7-9)16-8-15-10/h4-5,7H,2-3,6,8H2,1H3,(H2,13,14,17). The molecule has 0 saturated carbocycles. The maximum Gasteiger partial charge on any atom is 0.231 e. The molecule has 92 valence electrons. The molecular weight excluding hydrogens is 236 g/mol.